The Morgan fingerprint density at radius 3 is 2.82 bits per heavy atom. The zero-order valence-corrected chi connectivity index (χ0v) is 19.7. The van der Waals surface area contributed by atoms with E-state index in [1.165, 1.54) is 5.57 Å². The first-order valence-electron chi connectivity index (χ1n) is 9.31. The number of nitriles is 1. The number of hydrogen-bond acceptors (Lipinski definition) is 6. The van der Waals surface area contributed by atoms with Gasteiger partial charge in [0.25, 0.3) is 0 Å². The largest absolute Gasteiger partial charge is 0.496 e. The number of benzene rings is 1. The van der Waals surface area contributed by atoms with Gasteiger partial charge in [-0.05, 0) is 59.9 Å². The highest BCUT2D eigenvalue weighted by Crippen LogP contribution is 2.43. The Bertz CT molecular complexity index is 801. The summed E-state index contributed by atoms with van der Waals surface area (Å²) in [6.45, 7) is 6.73. The Morgan fingerprint density at radius 2 is 2.21 bits per heavy atom. The predicted octanol–water partition coefficient (Wildman–Crippen LogP) is 5.56. The molecule has 1 heterocycles. The lowest BCUT2D eigenvalue weighted by atomic mass is 9.93. The van der Waals surface area contributed by atoms with Crippen LogP contribution in [0.3, 0.4) is 0 Å². The molecule has 0 aromatic heterocycles. The molecule has 0 amide bonds. The number of rotatable bonds is 10. The lowest BCUT2D eigenvalue weighted by molar-refractivity contribution is 0.0532. The number of esters is 1. The molecule has 1 aromatic rings. The van der Waals surface area contributed by atoms with Gasteiger partial charge in [0, 0.05) is 22.8 Å². The summed E-state index contributed by atoms with van der Waals surface area (Å²) in [4.78, 5) is 12.4. The lowest BCUT2D eigenvalue weighted by Crippen LogP contribution is -2.10. The average Bonchev–Trinajstić information content (AvgIpc) is 3.08. The highest BCUT2D eigenvalue weighted by atomic mass is 127. The molecule has 1 atom stereocenters. The van der Waals surface area contributed by atoms with Crippen molar-refractivity contribution in [2.24, 2.45) is 5.92 Å². The maximum atomic E-state index is 12.4. The van der Waals surface area contributed by atoms with Gasteiger partial charge in [-0.1, -0.05) is 27.5 Å². The fourth-order valence-electron chi connectivity index (χ4n) is 3.40. The van der Waals surface area contributed by atoms with Crippen molar-refractivity contribution in [1.29, 1.82) is 5.26 Å². The van der Waals surface area contributed by atoms with E-state index < -0.39 is 0 Å². The van der Waals surface area contributed by atoms with Crippen LogP contribution < -0.4 is 9.47 Å². The minimum absolute atomic E-state index is 0.0266. The molecule has 152 valence electrons. The predicted molar refractivity (Wildman–Crippen MR) is 120 cm³/mol. The van der Waals surface area contributed by atoms with Gasteiger partial charge in [0.1, 0.15) is 23.7 Å². The van der Waals surface area contributed by atoms with Crippen LogP contribution in [0.5, 0.6) is 11.5 Å². The van der Waals surface area contributed by atoms with Gasteiger partial charge < -0.3 is 14.2 Å². The van der Waals surface area contributed by atoms with Crippen LogP contribution in [0.25, 0.3) is 0 Å². The maximum Gasteiger partial charge on any atom is 0.342 e. The van der Waals surface area contributed by atoms with Crippen molar-refractivity contribution < 1.29 is 19.0 Å². The molecule has 0 spiro atoms. The molecule has 1 unspecified atom stereocenters. The Balaban J connectivity index is 2.51. The zero-order valence-electron chi connectivity index (χ0n) is 16.8. The number of ether oxygens (including phenoxy) is 3. The van der Waals surface area contributed by atoms with Crippen molar-refractivity contribution in [2.45, 2.75) is 46.6 Å². The van der Waals surface area contributed by atoms with Gasteiger partial charge in [0.2, 0.25) is 0 Å². The van der Waals surface area contributed by atoms with Crippen molar-refractivity contribution in [1.82, 2.24) is 0 Å². The summed E-state index contributed by atoms with van der Waals surface area (Å²) in [5, 5.41) is 9.11. The molecule has 0 aliphatic carbocycles. The van der Waals surface area contributed by atoms with Gasteiger partial charge in [-0.15, -0.1) is 0 Å². The number of allylic oxidation sites excluding steroid dienone is 2. The summed E-state index contributed by atoms with van der Waals surface area (Å²) in [6.07, 6.45) is 4.33. The second kappa shape index (κ2) is 11.0. The van der Waals surface area contributed by atoms with Crippen LogP contribution >= 0.6 is 30.1 Å². The molecule has 5 nitrogen and oxygen atoms in total. The smallest absolute Gasteiger partial charge is 0.342 e. The van der Waals surface area contributed by atoms with Crippen LogP contribution in [0, 0.1) is 24.2 Å². The zero-order chi connectivity index (χ0) is 20.7. The van der Waals surface area contributed by atoms with Crippen LogP contribution in [-0.2, 0) is 17.8 Å². The van der Waals surface area contributed by atoms with E-state index in [1.54, 1.807) is 16.0 Å². The highest BCUT2D eigenvalue weighted by molar-refractivity contribution is 14.2. The quantitative estimate of drug-likeness (QED) is 0.176. The fraction of sp³-hybridized carbons (Fsp3) is 0.524. The molecular weight excluding hydrogens is 489 g/mol. The number of carbonyl (C=O) groups is 1. The second-order valence-corrected chi connectivity index (χ2v) is 9.21. The first-order chi connectivity index (χ1) is 13.5. The molecule has 0 radical (unpaired) electrons. The van der Waals surface area contributed by atoms with E-state index in [0.29, 0.717) is 24.3 Å². The molecule has 1 aliphatic rings. The minimum Gasteiger partial charge on any atom is -0.496 e. The van der Waals surface area contributed by atoms with Gasteiger partial charge in [0.05, 0.1) is 19.8 Å². The summed E-state index contributed by atoms with van der Waals surface area (Å²) >= 11 is 2.23. The van der Waals surface area contributed by atoms with Crippen molar-refractivity contribution in [2.75, 3.05) is 19.5 Å². The normalized spacial score (nSPS) is 14.3. The molecular formula is C21H26INO4S. The molecule has 0 fully saturated rings. The van der Waals surface area contributed by atoms with Crippen molar-refractivity contribution in [3.05, 3.63) is 33.9 Å². The van der Waals surface area contributed by atoms with E-state index in [9.17, 15) is 4.79 Å². The topological polar surface area (TPSA) is 68.6 Å². The number of halogens is 1. The van der Waals surface area contributed by atoms with Crippen LogP contribution in [0.15, 0.2) is 11.6 Å². The minimum atomic E-state index is -0.336. The maximum absolute atomic E-state index is 12.4. The van der Waals surface area contributed by atoms with E-state index in [-0.39, 0.29) is 18.5 Å². The lowest BCUT2D eigenvalue weighted by Gasteiger charge is -2.19. The number of carbonyl (C=O) groups excluding carboxylic acids is 1. The second-order valence-electron chi connectivity index (χ2n) is 6.71. The van der Waals surface area contributed by atoms with Crippen molar-refractivity contribution in [3.63, 3.8) is 0 Å². The van der Waals surface area contributed by atoms with Crippen LogP contribution in [0.2, 0.25) is 0 Å². The third kappa shape index (κ3) is 5.15. The SMILES string of the molecule is CC/C(=C\Cc1c(OC)c(C)c2c(c1OCCSI)C(=O)OC2)CC(C)C#N. The molecule has 1 aliphatic heterocycles. The number of fused-ring (bicyclic) bond motifs is 1. The summed E-state index contributed by atoms with van der Waals surface area (Å²) in [5.74, 6) is 1.77. The highest BCUT2D eigenvalue weighted by Gasteiger charge is 2.33. The van der Waals surface area contributed by atoms with Crippen LogP contribution in [0.4, 0.5) is 0 Å². The molecule has 0 N–H and O–H groups in total. The number of cyclic esters (lactones) is 1. The molecule has 0 bridgehead atoms. The summed E-state index contributed by atoms with van der Waals surface area (Å²) in [5.41, 5.74) is 4.38. The third-order valence-corrected chi connectivity index (χ3v) is 6.51. The third-order valence-electron chi connectivity index (χ3n) is 4.87. The molecule has 2 rings (SSSR count). The molecule has 7 heteroatoms. The summed E-state index contributed by atoms with van der Waals surface area (Å²) < 4.78 is 17.1. The first kappa shape index (κ1) is 22.9. The van der Waals surface area contributed by atoms with E-state index in [1.807, 2.05) is 13.8 Å². The molecule has 1 aromatic carbocycles. The van der Waals surface area contributed by atoms with Gasteiger partial charge in [-0.25, -0.2) is 4.79 Å². The van der Waals surface area contributed by atoms with E-state index in [2.05, 4.69) is 40.3 Å². The van der Waals surface area contributed by atoms with E-state index >= 15 is 0 Å². The van der Waals surface area contributed by atoms with Crippen LogP contribution in [-0.4, -0.2) is 25.4 Å². The Hall–Kier alpha value is -1.40. The Kier molecular flexibility index (Phi) is 8.96. The van der Waals surface area contributed by atoms with Crippen molar-refractivity contribution in [3.8, 4) is 17.6 Å². The van der Waals surface area contributed by atoms with Gasteiger partial charge in [-0.2, -0.15) is 5.26 Å². The molecule has 28 heavy (non-hydrogen) atoms. The van der Waals surface area contributed by atoms with Gasteiger partial charge >= 0.3 is 5.97 Å². The summed E-state index contributed by atoms with van der Waals surface area (Å²) in [7, 11) is 3.30. The van der Waals surface area contributed by atoms with Gasteiger partial charge in [-0.3, -0.25) is 0 Å². The van der Waals surface area contributed by atoms with Gasteiger partial charge in [0.15, 0.2) is 0 Å². The van der Waals surface area contributed by atoms with Crippen molar-refractivity contribution >= 4 is 36.1 Å². The number of hydrogen-bond donors (Lipinski definition) is 0. The van der Waals surface area contributed by atoms with E-state index in [4.69, 9.17) is 19.5 Å². The average molecular weight is 515 g/mol. The molecule has 0 saturated carbocycles. The summed E-state index contributed by atoms with van der Waals surface area (Å²) in [6, 6.07) is 2.29. The number of nitrogens with zero attached hydrogens (tertiary/aromatic N) is 1. The molecule has 0 saturated heterocycles. The number of methoxy groups -OCH3 is 1. The van der Waals surface area contributed by atoms with Crippen LogP contribution in [0.1, 0.15) is 53.7 Å². The Morgan fingerprint density at radius 1 is 1.46 bits per heavy atom. The first-order valence-corrected chi connectivity index (χ1v) is 12.8. The fourth-order valence-corrected chi connectivity index (χ4v) is 4.09. The van der Waals surface area contributed by atoms with E-state index in [0.717, 1.165) is 41.0 Å². The standard InChI is InChI=1S/C21H26INO4S/c1-5-15(10-13(2)11-23)6-7-16-19(25-4)14(3)17-12-27-21(24)18(17)20(16)26-8-9-28-22/h6,13H,5,7-10,12H2,1-4H3/b15-6+. The Labute approximate surface area is 183 Å². The monoisotopic (exact) mass is 515 g/mol.